The van der Waals surface area contributed by atoms with Gasteiger partial charge in [0.2, 0.25) is 5.91 Å². The normalized spacial score (nSPS) is 11.6. The number of nitrogens with two attached hydrogens (primary N) is 1. The average molecular weight is 233 g/mol. The fraction of sp³-hybridized carbons (Fsp3) is 0.364. The van der Waals surface area contributed by atoms with Crippen LogP contribution in [-0.2, 0) is 4.79 Å². The van der Waals surface area contributed by atoms with Gasteiger partial charge in [-0.25, -0.2) is 9.50 Å². The molecule has 0 spiro atoms. The van der Waals surface area contributed by atoms with Gasteiger partial charge in [-0.15, -0.1) is 0 Å². The van der Waals surface area contributed by atoms with Crippen LogP contribution in [0, 0.1) is 0 Å². The van der Waals surface area contributed by atoms with Gasteiger partial charge in [-0.2, -0.15) is 5.10 Å². The topological polar surface area (TPSA) is 85.3 Å². The number of primary amides is 1. The van der Waals surface area contributed by atoms with Gasteiger partial charge in [-0.05, 0) is 19.9 Å². The Morgan fingerprint density at radius 1 is 1.53 bits per heavy atom. The lowest BCUT2D eigenvalue weighted by molar-refractivity contribution is -0.118. The fourth-order valence-corrected chi connectivity index (χ4v) is 1.75. The lowest BCUT2D eigenvalue weighted by atomic mass is 10.0. The van der Waals surface area contributed by atoms with Gasteiger partial charge in [0.15, 0.2) is 5.82 Å². The highest BCUT2D eigenvalue weighted by Gasteiger charge is 2.21. The van der Waals surface area contributed by atoms with Crippen LogP contribution in [0.2, 0.25) is 0 Å². The molecule has 1 amide bonds. The molecule has 0 bridgehead atoms. The largest absolute Gasteiger partial charge is 0.370 e. The summed E-state index contributed by atoms with van der Waals surface area (Å²) in [5, 5.41) is 7.32. The zero-order chi connectivity index (χ0) is 12.5. The minimum absolute atomic E-state index is 0.240. The Morgan fingerprint density at radius 3 is 3.00 bits per heavy atom. The summed E-state index contributed by atoms with van der Waals surface area (Å²) in [6, 6.07) is 1.86. The van der Waals surface area contributed by atoms with Crippen molar-refractivity contribution < 1.29 is 4.79 Å². The summed E-state index contributed by atoms with van der Waals surface area (Å²) in [5.41, 5.74) is 5.63. The molecule has 6 heteroatoms. The smallest absolute Gasteiger partial charge is 0.219 e. The summed E-state index contributed by atoms with van der Waals surface area (Å²) in [7, 11) is 0. The van der Waals surface area contributed by atoms with Gasteiger partial charge in [0.25, 0.3) is 0 Å². The predicted molar refractivity (Wildman–Crippen MR) is 64.5 cm³/mol. The van der Waals surface area contributed by atoms with E-state index in [0.29, 0.717) is 5.82 Å². The molecule has 0 fully saturated rings. The molecule has 90 valence electrons. The van der Waals surface area contributed by atoms with Crippen molar-refractivity contribution in [2.24, 2.45) is 5.73 Å². The molecule has 3 N–H and O–H groups in total. The molecule has 2 rings (SSSR count). The van der Waals surface area contributed by atoms with E-state index >= 15 is 0 Å². The van der Waals surface area contributed by atoms with Crippen LogP contribution in [0.5, 0.6) is 0 Å². The number of anilines is 1. The quantitative estimate of drug-likeness (QED) is 0.817. The number of hydrogen-bond donors (Lipinski definition) is 2. The summed E-state index contributed by atoms with van der Waals surface area (Å²) >= 11 is 0. The first-order valence-electron chi connectivity index (χ1n) is 5.33. The molecule has 0 unspecified atom stereocenters. The maximum Gasteiger partial charge on any atom is 0.219 e. The Labute approximate surface area is 98.8 Å². The van der Waals surface area contributed by atoms with Gasteiger partial charge in [-0.3, -0.25) is 4.79 Å². The molecule has 6 nitrogen and oxygen atoms in total. The predicted octanol–water partition coefficient (Wildman–Crippen LogP) is 0.795. The first-order chi connectivity index (χ1) is 7.98. The summed E-state index contributed by atoms with van der Waals surface area (Å²) in [6.07, 6.45) is 5.36. The van der Waals surface area contributed by atoms with E-state index in [2.05, 4.69) is 15.4 Å². The average Bonchev–Trinajstić information content (AvgIpc) is 2.63. The van der Waals surface area contributed by atoms with Crippen LogP contribution in [0.25, 0.3) is 5.52 Å². The van der Waals surface area contributed by atoms with Crippen LogP contribution in [0.1, 0.15) is 20.3 Å². The molecule has 0 atom stereocenters. The lowest BCUT2D eigenvalue weighted by Crippen LogP contribution is -2.36. The van der Waals surface area contributed by atoms with Crippen molar-refractivity contribution >= 4 is 17.2 Å². The molecule has 0 aromatic carbocycles. The summed E-state index contributed by atoms with van der Waals surface area (Å²) < 4.78 is 1.72. The number of fused-ring (bicyclic) bond motifs is 1. The molecule has 2 aromatic heterocycles. The molecule has 2 aromatic rings. The lowest BCUT2D eigenvalue weighted by Gasteiger charge is -2.25. The van der Waals surface area contributed by atoms with Crippen molar-refractivity contribution in [2.75, 3.05) is 5.32 Å². The molecular weight excluding hydrogens is 218 g/mol. The number of amides is 1. The first-order valence-corrected chi connectivity index (χ1v) is 5.33. The summed E-state index contributed by atoms with van der Waals surface area (Å²) in [4.78, 5) is 15.2. The third kappa shape index (κ3) is 2.52. The third-order valence-electron chi connectivity index (χ3n) is 2.40. The van der Waals surface area contributed by atoms with Gasteiger partial charge in [0, 0.05) is 24.4 Å². The Balaban J connectivity index is 2.29. The summed E-state index contributed by atoms with van der Waals surface area (Å²) in [5.74, 6) is 0.346. The molecule has 17 heavy (non-hydrogen) atoms. The Hall–Kier alpha value is -2.11. The Morgan fingerprint density at radius 2 is 2.29 bits per heavy atom. The molecule has 0 radical (unpaired) electrons. The number of rotatable bonds is 4. The second-order valence-corrected chi connectivity index (χ2v) is 4.59. The highest BCUT2D eigenvalue weighted by molar-refractivity contribution is 5.76. The van der Waals surface area contributed by atoms with Crippen molar-refractivity contribution in [2.45, 2.75) is 25.8 Å². The fourth-order valence-electron chi connectivity index (χ4n) is 1.75. The standard InChI is InChI=1S/C11H15N5O/c1-11(2,7-9(12)17)15-10-8-3-4-14-16(8)6-5-13-10/h3-6H,7H2,1-2H3,(H2,12,17)(H,13,15). The van der Waals surface area contributed by atoms with Crippen molar-refractivity contribution in [3.63, 3.8) is 0 Å². The number of carbonyl (C=O) groups excluding carboxylic acids is 1. The minimum atomic E-state index is -0.440. The van der Waals surface area contributed by atoms with E-state index in [9.17, 15) is 4.79 Å². The van der Waals surface area contributed by atoms with Crippen molar-refractivity contribution in [3.8, 4) is 0 Å². The van der Waals surface area contributed by atoms with E-state index < -0.39 is 5.54 Å². The highest BCUT2D eigenvalue weighted by Crippen LogP contribution is 2.19. The molecule has 0 saturated heterocycles. The van der Waals surface area contributed by atoms with Gasteiger partial charge in [0.1, 0.15) is 5.52 Å². The van der Waals surface area contributed by atoms with E-state index in [-0.39, 0.29) is 12.3 Å². The second-order valence-electron chi connectivity index (χ2n) is 4.59. The number of nitrogens with one attached hydrogen (secondary N) is 1. The van der Waals surface area contributed by atoms with E-state index in [0.717, 1.165) is 5.52 Å². The summed E-state index contributed by atoms with van der Waals surface area (Å²) in [6.45, 7) is 3.80. The van der Waals surface area contributed by atoms with Crippen molar-refractivity contribution in [3.05, 3.63) is 24.7 Å². The van der Waals surface area contributed by atoms with E-state index in [1.807, 2.05) is 19.9 Å². The zero-order valence-corrected chi connectivity index (χ0v) is 9.84. The van der Waals surface area contributed by atoms with Crippen LogP contribution in [0.4, 0.5) is 5.82 Å². The van der Waals surface area contributed by atoms with E-state index in [1.165, 1.54) is 0 Å². The SMILES string of the molecule is CC(C)(CC(N)=O)Nc1nccn2nccc12. The molecular formula is C11H15N5O. The second kappa shape index (κ2) is 4.04. The molecule has 0 aliphatic rings. The van der Waals surface area contributed by atoms with Gasteiger partial charge >= 0.3 is 0 Å². The maximum absolute atomic E-state index is 11.0. The first kappa shape index (κ1) is 11.4. The van der Waals surface area contributed by atoms with Gasteiger partial charge in [0.05, 0.1) is 6.20 Å². The Bertz CT molecular complexity index is 546. The molecule has 0 aliphatic heterocycles. The highest BCUT2D eigenvalue weighted by atomic mass is 16.1. The van der Waals surface area contributed by atoms with Crippen LogP contribution in [-0.4, -0.2) is 26.0 Å². The van der Waals surface area contributed by atoms with E-state index in [4.69, 9.17) is 5.73 Å². The van der Waals surface area contributed by atoms with E-state index in [1.54, 1.807) is 23.1 Å². The van der Waals surface area contributed by atoms with Crippen molar-refractivity contribution in [1.82, 2.24) is 14.6 Å². The van der Waals surface area contributed by atoms with Gasteiger partial charge in [-0.1, -0.05) is 0 Å². The van der Waals surface area contributed by atoms with Crippen LogP contribution < -0.4 is 11.1 Å². The molecule has 2 heterocycles. The van der Waals surface area contributed by atoms with Crippen LogP contribution in [0.3, 0.4) is 0 Å². The minimum Gasteiger partial charge on any atom is -0.370 e. The number of nitrogens with zero attached hydrogens (tertiary/aromatic N) is 3. The van der Waals surface area contributed by atoms with Crippen LogP contribution >= 0.6 is 0 Å². The maximum atomic E-state index is 11.0. The van der Waals surface area contributed by atoms with Gasteiger partial charge < -0.3 is 11.1 Å². The number of aromatic nitrogens is 3. The van der Waals surface area contributed by atoms with Crippen LogP contribution in [0.15, 0.2) is 24.7 Å². The number of hydrogen-bond acceptors (Lipinski definition) is 4. The monoisotopic (exact) mass is 233 g/mol. The number of carbonyl (C=O) groups is 1. The van der Waals surface area contributed by atoms with Crippen molar-refractivity contribution in [1.29, 1.82) is 0 Å². The molecule has 0 saturated carbocycles. The molecule has 0 aliphatic carbocycles. The third-order valence-corrected chi connectivity index (χ3v) is 2.40. The Kier molecular flexibility index (Phi) is 2.71. The zero-order valence-electron chi connectivity index (χ0n) is 9.84.